The molecule has 0 radical (unpaired) electrons. The second-order valence-electron chi connectivity index (χ2n) is 1.62. The third kappa shape index (κ3) is 1.53. The fourth-order valence-electron chi connectivity index (χ4n) is 0.446. The molecular formula is C5H7ClIN. The number of halogens is 2. The highest BCUT2D eigenvalue weighted by molar-refractivity contribution is 14.2. The first-order chi connectivity index (χ1) is 3.80. The molecule has 1 nitrogen and oxygen atoms in total. The van der Waals surface area contributed by atoms with Gasteiger partial charge in [0.25, 0.3) is 0 Å². The first-order valence-corrected chi connectivity index (χ1v) is 5.22. The Morgan fingerprint density at radius 1 is 1.88 bits per heavy atom. The molecule has 2 N–H and O–H groups in total. The smallest absolute Gasteiger partial charge is 0.0447 e. The number of nitrogens with two attached hydrogens (primary N) is 1. The number of rotatable bonds is 0. The lowest BCUT2D eigenvalue weighted by atomic mass is 10.2. The minimum atomic E-state index is 0.102. The van der Waals surface area contributed by atoms with Crippen LogP contribution in [0.2, 0.25) is 0 Å². The van der Waals surface area contributed by atoms with E-state index in [2.05, 4.69) is 8.09 Å². The van der Waals surface area contributed by atoms with Crippen LogP contribution in [0.25, 0.3) is 0 Å². The van der Waals surface area contributed by atoms with Crippen molar-refractivity contribution in [1.29, 1.82) is 0 Å². The van der Waals surface area contributed by atoms with E-state index in [9.17, 15) is 0 Å². The van der Waals surface area contributed by atoms with Crippen LogP contribution in [0.4, 0.5) is 0 Å². The fraction of sp³-hybridized carbons (Fsp3) is 0.400. The number of hydrogen-bond donors (Lipinski definition) is 1. The molecule has 0 fully saturated rings. The highest BCUT2D eigenvalue weighted by Gasteiger charge is 2.05. The summed E-state index contributed by atoms with van der Waals surface area (Å²) in [6.45, 7) is 0. The summed E-state index contributed by atoms with van der Waals surface area (Å²) in [6.07, 6.45) is 0.975. The van der Waals surface area contributed by atoms with Crippen LogP contribution in [0.15, 0.2) is 9.12 Å². The topological polar surface area (TPSA) is 26.0 Å². The van der Waals surface area contributed by atoms with E-state index in [4.69, 9.17) is 17.3 Å². The molecule has 0 saturated heterocycles. The molecule has 0 aromatic heterocycles. The molecule has 1 unspecified atom stereocenters. The minimum absolute atomic E-state index is 0.102. The third-order valence-electron chi connectivity index (χ3n) is 0.954. The van der Waals surface area contributed by atoms with Crippen LogP contribution in [0.3, 0.4) is 0 Å². The maximum Gasteiger partial charge on any atom is 0.0447 e. The molecule has 0 amide bonds. The van der Waals surface area contributed by atoms with Gasteiger partial charge in [0.05, 0.1) is 0 Å². The van der Waals surface area contributed by atoms with Crippen LogP contribution in [-0.2, 0) is 0 Å². The largest absolute Gasteiger partial charge is 0.323 e. The van der Waals surface area contributed by atoms with Gasteiger partial charge in [0.1, 0.15) is 0 Å². The van der Waals surface area contributed by atoms with Crippen LogP contribution in [0.1, 0.15) is 6.42 Å². The predicted octanol–water partition coefficient (Wildman–Crippen LogP) is 1.57. The van der Waals surface area contributed by atoms with Gasteiger partial charge in [-0.25, -0.2) is 0 Å². The van der Waals surface area contributed by atoms with Crippen molar-refractivity contribution in [3.05, 3.63) is 9.12 Å². The first kappa shape index (κ1) is 6.71. The fourth-order valence-corrected chi connectivity index (χ4v) is 2.76. The van der Waals surface area contributed by atoms with Crippen molar-refractivity contribution in [2.24, 2.45) is 5.73 Å². The molecule has 3 heteroatoms. The Labute approximate surface area is 63.6 Å². The molecule has 0 bridgehead atoms. The predicted molar refractivity (Wildman–Crippen MR) is 46.6 cm³/mol. The quantitative estimate of drug-likeness (QED) is 0.642. The highest BCUT2D eigenvalue weighted by Crippen LogP contribution is 2.18. The Hall–Kier alpha value is 0.590. The zero-order valence-electron chi connectivity index (χ0n) is 4.27. The summed E-state index contributed by atoms with van der Waals surface area (Å²) >= 11 is 5.86. The van der Waals surface area contributed by atoms with Gasteiger partial charge in [0, 0.05) is 11.1 Å². The highest BCUT2D eigenvalue weighted by atomic mass is 127. The van der Waals surface area contributed by atoms with Crippen molar-refractivity contribution in [2.75, 3.05) is 0 Å². The van der Waals surface area contributed by atoms with E-state index < -0.39 is 0 Å². The molecule has 0 aromatic carbocycles. The van der Waals surface area contributed by atoms with Gasteiger partial charge in [-0.1, -0.05) is 32.3 Å². The van der Waals surface area contributed by atoms with E-state index in [0.717, 1.165) is 11.5 Å². The average molecular weight is 243 g/mol. The molecule has 0 aromatic rings. The van der Waals surface area contributed by atoms with Crippen molar-refractivity contribution in [3.8, 4) is 0 Å². The molecule has 46 valence electrons. The standard InChI is InChI=1S/C5H7ClIN/c6-4-3-7-2-1-5(4)8/h2-3,5H,1,8H2. The van der Waals surface area contributed by atoms with Crippen molar-refractivity contribution in [3.63, 3.8) is 0 Å². The summed E-state index contributed by atoms with van der Waals surface area (Å²) in [6, 6.07) is 0.102. The average Bonchev–Trinajstić information content (AvgIpc) is 1.77. The Bertz CT molecular complexity index is 141. The van der Waals surface area contributed by atoms with E-state index in [1.807, 2.05) is 0 Å². The SMILES string of the molecule is NC1CC=IC=C1Cl. The van der Waals surface area contributed by atoms with Crippen LogP contribution >= 0.6 is 32.3 Å². The van der Waals surface area contributed by atoms with Gasteiger partial charge in [-0.05, 0) is 14.5 Å². The van der Waals surface area contributed by atoms with Gasteiger partial charge in [-0.3, -0.25) is 0 Å². The maximum absolute atomic E-state index is 5.71. The second-order valence-corrected chi connectivity index (χ2v) is 4.28. The Morgan fingerprint density at radius 2 is 2.62 bits per heavy atom. The Morgan fingerprint density at radius 3 is 3.00 bits per heavy atom. The molecule has 1 atom stereocenters. The summed E-state index contributed by atoms with van der Waals surface area (Å²) in [5.74, 6) is 0. The Balaban J connectivity index is 2.66. The van der Waals surface area contributed by atoms with E-state index in [1.54, 1.807) is 0 Å². The first-order valence-electron chi connectivity index (χ1n) is 2.35. The van der Waals surface area contributed by atoms with E-state index in [1.165, 1.54) is 0 Å². The van der Waals surface area contributed by atoms with Crippen molar-refractivity contribution in [1.82, 2.24) is 0 Å². The monoisotopic (exact) mass is 243 g/mol. The summed E-state index contributed by atoms with van der Waals surface area (Å²) in [5, 5.41) is 0.861. The number of hydrogen-bond acceptors (Lipinski definition) is 1. The second kappa shape index (κ2) is 2.94. The molecule has 1 rings (SSSR count). The molecule has 0 aliphatic carbocycles. The molecule has 1 aliphatic heterocycles. The lowest BCUT2D eigenvalue weighted by Gasteiger charge is -2.08. The van der Waals surface area contributed by atoms with Gasteiger partial charge in [-0.15, -0.1) is 0 Å². The summed E-state index contributed by atoms with van der Waals surface area (Å²) < 4.78 is 4.31. The summed E-state index contributed by atoms with van der Waals surface area (Å²) in [4.78, 5) is 0. The molecule has 0 spiro atoms. The van der Waals surface area contributed by atoms with E-state index in [0.29, 0.717) is 0 Å². The van der Waals surface area contributed by atoms with Crippen LogP contribution in [0, 0.1) is 0 Å². The van der Waals surface area contributed by atoms with Crippen molar-refractivity contribution >= 4 is 36.3 Å². The molecule has 8 heavy (non-hydrogen) atoms. The molecular weight excluding hydrogens is 236 g/mol. The van der Waals surface area contributed by atoms with Crippen LogP contribution in [-0.4, -0.2) is 10.1 Å². The van der Waals surface area contributed by atoms with E-state index in [-0.39, 0.29) is 26.8 Å². The van der Waals surface area contributed by atoms with Gasteiger partial charge in [0.15, 0.2) is 0 Å². The van der Waals surface area contributed by atoms with Crippen LogP contribution < -0.4 is 5.73 Å². The van der Waals surface area contributed by atoms with Crippen LogP contribution in [0.5, 0.6) is 0 Å². The molecule has 0 saturated carbocycles. The van der Waals surface area contributed by atoms with Crippen molar-refractivity contribution < 1.29 is 0 Å². The zero-order valence-corrected chi connectivity index (χ0v) is 7.19. The van der Waals surface area contributed by atoms with Crippen molar-refractivity contribution in [2.45, 2.75) is 12.5 Å². The Kier molecular flexibility index (Phi) is 2.46. The van der Waals surface area contributed by atoms with Gasteiger partial charge < -0.3 is 5.73 Å². The lowest BCUT2D eigenvalue weighted by Crippen LogP contribution is -2.21. The third-order valence-corrected chi connectivity index (χ3v) is 3.76. The molecule has 1 heterocycles. The normalized spacial score (nSPS) is 28.8. The van der Waals surface area contributed by atoms with Gasteiger partial charge in [-0.2, -0.15) is 0 Å². The molecule has 1 aliphatic rings. The zero-order chi connectivity index (χ0) is 5.98. The summed E-state index contributed by atoms with van der Waals surface area (Å²) in [7, 11) is 0. The minimum Gasteiger partial charge on any atom is -0.323 e. The van der Waals surface area contributed by atoms with E-state index >= 15 is 0 Å². The van der Waals surface area contributed by atoms with Gasteiger partial charge in [0.2, 0.25) is 0 Å². The maximum atomic E-state index is 5.71. The lowest BCUT2D eigenvalue weighted by molar-refractivity contribution is 0.860. The van der Waals surface area contributed by atoms with Gasteiger partial charge >= 0.3 is 0 Å². The summed E-state index contributed by atoms with van der Waals surface area (Å²) in [5.41, 5.74) is 5.56.